The molecule has 5 nitrogen and oxygen atoms in total. The van der Waals surface area contributed by atoms with Gasteiger partial charge in [-0.2, -0.15) is 18.3 Å². The second-order valence-corrected chi connectivity index (χ2v) is 7.10. The highest BCUT2D eigenvalue weighted by Gasteiger charge is 2.33. The number of aromatic amines is 1. The van der Waals surface area contributed by atoms with Gasteiger partial charge in [-0.1, -0.05) is 18.2 Å². The minimum atomic E-state index is -4.53. The maximum Gasteiger partial charge on any atom is 0.432 e. The summed E-state index contributed by atoms with van der Waals surface area (Å²) in [5.41, 5.74) is -0.589. The Bertz CT molecular complexity index is 743. The Morgan fingerprint density at radius 1 is 1.17 bits per heavy atom. The number of aryl methyl sites for hydroxylation is 1. The van der Waals surface area contributed by atoms with E-state index in [2.05, 4.69) is 15.3 Å². The number of nitrogens with zero attached hydrogens (tertiary/aromatic N) is 2. The molecule has 1 aromatic heterocycles. The molecule has 29 heavy (non-hydrogen) atoms. The molecule has 0 saturated heterocycles. The van der Waals surface area contributed by atoms with Crippen LogP contribution in [0.4, 0.5) is 17.6 Å². The molecule has 9 heteroatoms. The number of H-pyrrole nitrogens is 1. The number of hydrogen-bond acceptors (Lipinski definition) is 3. The van der Waals surface area contributed by atoms with E-state index in [0.29, 0.717) is 36.8 Å². The highest BCUT2D eigenvalue weighted by Crippen LogP contribution is 2.27. The minimum Gasteiger partial charge on any atom is -0.349 e. The average Bonchev–Trinajstić information content (AvgIpc) is 3.11. The second kappa shape index (κ2) is 10.9. The fourth-order valence-corrected chi connectivity index (χ4v) is 2.64. The van der Waals surface area contributed by atoms with Crippen molar-refractivity contribution in [2.45, 2.75) is 52.9 Å². The lowest BCUT2D eigenvalue weighted by atomic mass is 10.2. The molecule has 2 aromatic rings. The Labute approximate surface area is 168 Å². The van der Waals surface area contributed by atoms with Crippen molar-refractivity contribution in [3.63, 3.8) is 0 Å². The summed E-state index contributed by atoms with van der Waals surface area (Å²) in [4.78, 5) is 13.9. The number of aromatic nitrogens is 2. The molecule has 0 bridgehead atoms. The summed E-state index contributed by atoms with van der Waals surface area (Å²) in [7, 11) is 0. The smallest absolute Gasteiger partial charge is 0.349 e. The summed E-state index contributed by atoms with van der Waals surface area (Å²) >= 11 is 0. The summed E-state index contributed by atoms with van der Waals surface area (Å²) in [5, 5.41) is 7.77. The molecule has 0 saturated carbocycles. The van der Waals surface area contributed by atoms with Crippen molar-refractivity contribution in [3.8, 4) is 0 Å². The molecule has 0 aliphatic heterocycles. The van der Waals surface area contributed by atoms with E-state index in [4.69, 9.17) is 0 Å². The Hall–Kier alpha value is -2.42. The topological polar surface area (TPSA) is 61.0 Å². The number of alkyl halides is 3. The van der Waals surface area contributed by atoms with Gasteiger partial charge >= 0.3 is 6.18 Å². The lowest BCUT2D eigenvalue weighted by Crippen LogP contribution is -2.42. The molecule has 0 aliphatic rings. The van der Waals surface area contributed by atoms with Gasteiger partial charge in [0.1, 0.15) is 11.5 Å². The van der Waals surface area contributed by atoms with Crippen LogP contribution in [0.2, 0.25) is 0 Å². The summed E-state index contributed by atoms with van der Waals surface area (Å²) < 4.78 is 49.5. The molecule has 1 heterocycles. The maximum absolute atomic E-state index is 12.4. The molecular weight excluding hydrogens is 388 g/mol. The first kappa shape index (κ1) is 24.6. The van der Waals surface area contributed by atoms with Crippen molar-refractivity contribution in [2.24, 2.45) is 0 Å². The summed E-state index contributed by atoms with van der Waals surface area (Å²) in [5.74, 6) is -0.748. The molecule has 1 aromatic carbocycles. The van der Waals surface area contributed by atoms with Crippen LogP contribution in [0.1, 0.15) is 49.4 Å². The minimum absolute atomic E-state index is 0.132. The van der Waals surface area contributed by atoms with E-state index in [1.807, 2.05) is 38.9 Å². The predicted octanol–water partition coefficient (Wildman–Crippen LogP) is 4.41. The van der Waals surface area contributed by atoms with Crippen molar-refractivity contribution >= 4 is 5.91 Å². The standard InChI is InChI=1S/C13H21F3N4O.C7H7F/c1-8(2)20(9(3)4)6-5-17-12(21)10-7-11(19-18-10)13(14,15)16;1-6-4-2-3-5-7(6)8/h7-9H,5-6H2,1-4H3,(H,17,21)(H,18,19);2-5H,1H3. The highest BCUT2D eigenvalue weighted by molar-refractivity contribution is 5.92. The van der Waals surface area contributed by atoms with E-state index in [1.165, 1.54) is 6.07 Å². The number of rotatable bonds is 6. The largest absolute Gasteiger partial charge is 0.432 e. The fourth-order valence-electron chi connectivity index (χ4n) is 2.64. The van der Waals surface area contributed by atoms with Crippen LogP contribution in [0.3, 0.4) is 0 Å². The molecule has 0 radical (unpaired) electrons. The molecule has 1 amide bonds. The van der Waals surface area contributed by atoms with Crippen LogP contribution in [-0.4, -0.2) is 46.2 Å². The molecule has 162 valence electrons. The zero-order chi connectivity index (χ0) is 22.2. The van der Waals surface area contributed by atoms with Gasteiger partial charge in [-0.05, 0) is 46.2 Å². The Morgan fingerprint density at radius 2 is 1.76 bits per heavy atom. The number of carbonyl (C=O) groups excluding carboxylic acids is 1. The molecule has 0 unspecified atom stereocenters. The van der Waals surface area contributed by atoms with Crippen molar-refractivity contribution in [2.75, 3.05) is 13.1 Å². The molecule has 2 N–H and O–H groups in total. The number of benzene rings is 1. The van der Waals surface area contributed by atoms with E-state index in [0.717, 1.165) is 0 Å². The lowest BCUT2D eigenvalue weighted by Gasteiger charge is -2.30. The maximum atomic E-state index is 12.4. The van der Waals surface area contributed by atoms with Gasteiger partial charge in [-0.25, -0.2) is 4.39 Å². The van der Waals surface area contributed by atoms with Crippen molar-refractivity contribution in [1.29, 1.82) is 0 Å². The van der Waals surface area contributed by atoms with Gasteiger partial charge in [0, 0.05) is 31.2 Å². The second-order valence-electron chi connectivity index (χ2n) is 7.10. The van der Waals surface area contributed by atoms with Gasteiger partial charge in [0.05, 0.1) is 0 Å². The summed E-state index contributed by atoms with van der Waals surface area (Å²) in [6.45, 7) is 10.9. The van der Waals surface area contributed by atoms with E-state index >= 15 is 0 Å². The first-order valence-corrected chi connectivity index (χ1v) is 9.31. The van der Waals surface area contributed by atoms with Gasteiger partial charge in [-0.3, -0.25) is 14.8 Å². The predicted molar refractivity (Wildman–Crippen MR) is 104 cm³/mol. The van der Waals surface area contributed by atoms with E-state index in [-0.39, 0.29) is 11.5 Å². The van der Waals surface area contributed by atoms with Gasteiger partial charge < -0.3 is 5.32 Å². The number of hydrogen-bond donors (Lipinski definition) is 2. The Balaban J connectivity index is 0.000000436. The van der Waals surface area contributed by atoms with Crippen LogP contribution in [0.25, 0.3) is 0 Å². The van der Waals surface area contributed by atoms with Gasteiger partial charge in [0.25, 0.3) is 5.91 Å². The van der Waals surface area contributed by atoms with Crippen LogP contribution in [-0.2, 0) is 6.18 Å². The third-order valence-electron chi connectivity index (χ3n) is 4.17. The zero-order valence-electron chi connectivity index (χ0n) is 17.3. The van der Waals surface area contributed by atoms with E-state index < -0.39 is 17.8 Å². The molecule has 0 spiro atoms. The summed E-state index contributed by atoms with van der Waals surface area (Å²) in [6.07, 6.45) is -4.53. The van der Waals surface area contributed by atoms with Crippen LogP contribution >= 0.6 is 0 Å². The molecule has 0 atom stereocenters. The Kier molecular flexibility index (Phi) is 9.29. The first-order chi connectivity index (χ1) is 13.4. The van der Waals surface area contributed by atoms with Gasteiger partial charge in [0.15, 0.2) is 5.69 Å². The number of amides is 1. The number of nitrogens with one attached hydrogen (secondary N) is 2. The highest BCUT2D eigenvalue weighted by atomic mass is 19.4. The number of halogens is 4. The van der Waals surface area contributed by atoms with Crippen LogP contribution in [0.5, 0.6) is 0 Å². The number of carbonyl (C=O) groups is 1. The zero-order valence-corrected chi connectivity index (χ0v) is 17.3. The van der Waals surface area contributed by atoms with Gasteiger partial charge in [-0.15, -0.1) is 0 Å². The van der Waals surface area contributed by atoms with E-state index in [1.54, 1.807) is 19.1 Å². The summed E-state index contributed by atoms with van der Waals surface area (Å²) in [6, 6.07) is 8.05. The van der Waals surface area contributed by atoms with Crippen molar-refractivity contribution in [1.82, 2.24) is 20.4 Å². The lowest BCUT2D eigenvalue weighted by molar-refractivity contribution is -0.141. The van der Waals surface area contributed by atoms with Crippen molar-refractivity contribution < 1.29 is 22.4 Å². The third kappa shape index (κ3) is 8.23. The third-order valence-corrected chi connectivity index (χ3v) is 4.17. The van der Waals surface area contributed by atoms with Crippen molar-refractivity contribution in [3.05, 3.63) is 53.1 Å². The normalized spacial score (nSPS) is 11.6. The van der Waals surface area contributed by atoms with E-state index in [9.17, 15) is 22.4 Å². The molecular formula is C20H28F4N4O. The molecule has 0 fully saturated rings. The van der Waals surface area contributed by atoms with Gasteiger partial charge in [0.2, 0.25) is 0 Å². The first-order valence-electron chi connectivity index (χ1n) is 9.31. The molecule has 2 rings (SSSR count). The van der Waals surface area contributed by atoms with Crippen LogP contribution in [0.15, 0.2) is 30.3 Å². The van der Waals surface area contributed by atoms with Crippen LogP contribution in [0, 0.1) is 12.7 Å². The quantitative estimate of drug-likeness (QED) is 0.686. The van der Waals surface area contributed by atoms with Crippen LogP contribution < -0.4 is 5.32 Å². The SMILES string of the molecule is CC(C)N(CCNC(=O)c1cc(C(F)(F)F)[nH]n1)C(C)C.Cc1ccccc1F. The fraction of sp³-hybridized carbons (Fsp3) is 0.500. The Morgan fingerprint density at radius 3 is 2.17 bits per heavy atom. The molecule has 0 aliphatic carbocycles. The monoisotopic (exact) mass is 416 g/mol. The average molecular weight is 416 g/mol.